The Kier molecular flexibility index (Phi) is 33.2. The Balaban J connectivity index is 2.67. The van der Waals surface area contributed by atoms with Crippen LogP contribution < -0.4 is 5.32 Å². The van der Waals surface area contributed by atoms with Crippen molar-refractivity contribution in [3.05, 3.63) is 48.6 Å². The number of nitrogens with one attached hydrogen (secondary N) is 1. The van der Waals surface area contributed by atoms with Gasteiger partial charge in [-0.25, -0.2) is 4.18 Å². The van der Waals surface area contributed by atoms with Gasteiger partial charge in [-0.15, -0.1) is 0 Å². The zero-order valence-corrected chi connectivity index (χ0v) is 37.0. The molecule has 8 atom stereocenters. The maximum Gasteiger partial charge on any atom is 0.397 e. The lowest BCUT2D eigenvalue weighted by Gasteiger charge is -2.41. The summed E-state index contributed by atoms with van der Waals surface area (Å²) in [5, 5.41) is 55.0. The third-order valence-electron chi connectivity index (χ3n) is 10.5. The number of aliphatic hydroxyl groups excluding tert-OH is 5. The molecule has 1 aliphatic rings. The van der Waals surface area contributed by atoms with Crippen molar-refractivity contribution >= 4 is 16.3 Å². The fraction of sp³-hybridized carbons (Fsp3) is 0.800. The van der Waals surface area contributed by atoms with Gasteiger partial charge in [-0.3, -0.25) is 9.35 Å². The highest BCUT2D eigenvalue weighted by molar-refractivity contribution is 7.80. The molecule has 14 heteroatoms. The number of carbonyl (C=O) groups excluding carboxylic acids is 1. The second kappa shape index (κ2) is 35.6. The molecule has 0 radical (unpaired) electrons. The van der Waals surface area contributed by atoms with Gasteiger partial charge in [0.1, 0.15) is 30.5 Å². The lowest BCUT2D eigenvalue weighted by Crippen LogP contribution is -2.61. The van der Waals surface area contributed by atoms with Crippen molar-refractivity contribution in [1.82, 2.24) is 5.32 Å². The van der Waals surface area contributed by atoms with Gasteiger partial charge in [0.25, 0.3) is 0 Å². The zero-order chi connectivity index (χ0) is 43.6. The number of amides is 1. The Morgan fingerprint density at radius 3 is 1.73 bits per heavy atom. The highest BCUT2D eigenvalue weighted by atomic mass is 32.3. The second-order valence-electron chi connectivity index (χ2n) is 15.8. The largest absolute Gasteiger partial charge is 0.397 e. The van der Waals surface area contributed by atoms with Gasteiger partial charge in [0.2, 0.25) is 5.91 Å². The van der Waals surface area contributed by atoms with E-state index in [4.69, 9.17) is 14.0 Å². The van der Waals surface area contributed by atoms with Crippen LogP contribution in [0.25, 0.3) is 0 Å². The molecule has 0 aromatic heterocycles. The second-order valence-corrected chi connectivity index (χ2v) is 16.8. The average Bonchev–Trinajstić information content (AvgIpc) is 3.20. The van der Waals surface area contributed by atoms with E-state index in [0.717, 1.165) is 32.1 Å². The molecule has 1 fully saturated rings. The smallest absolute Gasteiger partial charge is 0.394 e. The summed E-state index contributed by atoms with van der Waals surface area (Å²) in [6.07, 6.45) is 30.8. The van der Waals surface area contributed by atoms with Crippen molar-refractivity contribution in [2.24, 2.45) is 0 Å². The third kappa shape index (κ3) is 28.3. The number of hydrogen-bond donors (Lipinski definition) is 7. The minimum absolute atomic E-state index is 0.0252. The Bertz CT molecular complexity index is 1260. The minimum Gasteiger partial charge on any atom is -0.394 e. The van der Waals surface area contributed by atoms with Crippen LogP contribution in [0.4, 0.5) is 0 Å². The molecule has 13 nitrogen and oxygen atoms in total. The lowest BCUT2D eigenvalue weighted by atomic mass is 9.99. The van der Waals surface area contributed by atoms with E-state index in [1.165, 1.54) is 109 Å². The van der Waals surface area contributed by atoms with Crippen LogP contribution in [0.15, 0.2) is 48.6 Å². The standard InChI is InChI=1S/C45H81NO12S/c1-3-5-7-9-11-13-15-17-18-19-20-21-22-24-25-27-29-31-33-38(48)37(36-56-45-42(51)43(58-59(53,54)55)41(50)40(35-47)57-45)46-44(52)39(49)34-32-30-28-26-23-16-14-12-10-8-6-4-2/h23-26,30-33,37-43,45,47-51H,3-22,27-29,34-36H2,1-2H3,(H,46,52)(H,53,54,55)/b25-24+,26-23-,32-30-,33-31+. The molecule has 1 saturated heterocycles. The predicted octanol–water partition coefficient (Wildman–Crippen LogP) is 7.46. The number of carbonyl (C=O) groups is 1. The molecule has 1 heterocycles. The molecule has 1 aliphatic heterocycles. The number of aliphatic hydroxyl groups is 5. The van der Waals surface area contributed by atoms with Crippen molar-refractivity contribution in [3.63, 3.8) is 0 Å². The van der Waals surface area contributed by atoms with Crippen LogP contribution in [-0.4, -0.2) is 107 Å². The summed E-state index contributed by atoms with van der Waals surface area (Å²) in [7, 11) is -5.13. The highest BCUT2D eigenvalue weighted by Crippen LogP contribution is 2.26. The van der Waals surface area contributed by atoms with Crippen LogP contribution in [-0.2, 0) is 28.9 Å². The topological polar surface area (TPSA) is 212 Å². The molecular weight excluding hydrogens is 779 g/mol. The predicted molar refractivity (Wildman–Crippen MR) is 233 cm³/mol. The minimum atomic E-state index is -5.13. The Hall–Kier alpha value is -1.98. The molecule has 0 bridgehead atoms. The lowest BCUT2D eigenvalue weighted by molar-refractivity contribution is -0.298. The summed E-state index contributed by atoms with van der Waals surface area (Å²) >= 11 is 0. The molecule has 0 aliphatic carbocycles. The highest BCUT2D eigenvalue weighted by Gasteiger charge is 2.48. The molecule has 8 unspecified atom stereocenters. The summed E-state index contributed by atoms with van der Waals surface area (Å²) in [5.74, 6) is -0.781. The fourth-order valence-corrected chi connectivity index (χ4v) is 7.32. The van der Waals surface area contributed by atoms with E-state index < -0.39 is 78.5 Å². The van der Waals surface area contributed by atoms with E-state index in [1.807, 2.05) is 6.08 Å². The van der Waals surface area contributed by atoms with E-state index >= 15 is 0 Å². The molecule has 0 spiro atoms. The first kappa shape index (κ1) is 55.0. The first-order valence-electron chi connectivity index (χ1n) is 22.6. The van der Waals surface area contributed by atoms with E-state index in [0.29, 0.717) is 12.8 Å². The summed E-state index contributed by atoms with van der Waals surface area (Å²) in [5.41, 5.74) is 0. The summed E-state index contributed by atoms with van der Waals surface area (Å²) in [4.78, 5) is 13.0. The number of hydrogen-bond acceptors (Lipinski definition) is 11. The molecule has 0 aromatic carbocycles. The van der Waals surface area contributed by atoms with Gasteiger partial charge in [-0.2, -0.15) is 8.42 Å². The molecule has 0 aromatic rings. The number of rotatable bonds is 37. The van der Waals surface area contributed by atoms with E-state index in [9.17, 15) is 38.7 Å². The molecule has 59 heavy (non-hydrogen) atoms. The van der Waals surface area contributed by atoms with Gasteiger partial charge in [0.05, 0.1) is 25.4 Å². The van der Waals surface area contributed by atoms with Crippen LogP contribution in [0.3, 0.4) is 0 Å². The average molecular weight is 860 g/mol. The molecular formula is C45H81NO12S. The zero-order valence-electron chi connectivity index (χ0n) is 36.2. The van der Waals surface area contributed by atoms with Crippen LogP contribution in [0.2, 0.25) is 0 Å². The molecule has 7 N–H and O–H groups in total. The van der Waals surface area contributed by atoms with Crippen LogP contribution >= 0.6 is 0 Å². The van der Waals surface area contributed by atoms with E-state index in [-0.39, 0.29) is 6.42 Å². The number of allylic oxidation sites excluding steroid dienone is 6. The van der Waals surface area contributed by atoms with Crippen molar-refractivity contribution in [1.29, 1.82) is 0 Å². The van der Waals surface area contributed by atoms with Crippen molar-refractivity contribution in [2.45, 2.75) is 217 Å². The first-order chi connectivity index (χ1) is 28.4. The molecule has 344 valence electrons. The number of ether oxygens (including phenoxy) is 2. The molecule has 1 amide bonds. The summed E-state index contributed by atoms with van der Waals surface area (Å²) in [6.45, 7) is 3.13. The van der Waals surface area contributed by atoms with E-state index in [2.05, 4.69) is 47.7 Å². The van der Waals surface area contributed by atoms with Crippen molar-refractivity contribution in [2.75, 3.05) is 13.2 Å². The number of unbranched alkanes of at least 4 members (excludes halogenated alkanes) is 19. The SMILES string of the molecule is CCCCCCCC/C=C\C/C=C\CC(O)C(=O)NC(COC1OC(CO)C(O)C(OS(=O)(=O)O)C1O)C(O)/C=C/CC/C=C/CCCCCCCCCCCCCC. The van der Waals surface area contributed by atoms with Gasteiger partial charge in [-0.1, -0.05) is 165 Å². The molecule has 0 saturated carbocycles. The Labute approximate surface area is 356 Å². The Morgan fingerprint density at radius 1 is 0.695 bits per heavy atom. The monoisotopic (exact) mass is 860 g/mol. The molecule has 1 rings (SSSR count). The maximum absolute atomic E-state index is 13.0. The fourth-order valence-electron chi connectivity index (χ4n) is 6.81. The van der Waals surface area contributed by atoms with Gasteiger partial charge in [0.15, 0.2) is 6.29 Å². The quantitative estimate of drug-likeness (QED) is 0.0184. The normalized spacial score (nSPS) is 21.9. The first-order valence-corrected chi connectivity index (χ1v) is 24.0. The van der Waals surface area contributed by atoms with Gasteiger partial charge < -0.3 is 40.3 Å². The maximum atomic E-state index is 13.0. The van der Waals surface area contributed by atoms with Crippen LogP contribution in [0.1, 0.15) is 168 Å². The van der Waals surface area contributed by atoms with Crippen molar-refractivity contribution in [3.8, 4) is 0 Å². The van der Waals surface area contributed by atoms with Gasteiger partial charge in [0, 0.05) is 6.42 Å². The third-order valence-corrected chi connectivity index (χ3v) is 10.9. The van der Waals surface area contributed by atoms with Crippen LogP contribution in [0.5, 0.6) is 0 Å². The van der Waals surface area contributed by atoms with E-state index in [1.54, 1.807) is 12.2 Å². The van der Waals surface area contributed by atoms with Gasteiger partial charge >= 0.3 is 10.4 Å². The van der Waals surface area contributed by atoms with Crippen molar-refractivity contribution < 1.29 is 57.0 Å². The van der Waals surface area contributed by atoms with Crippen LogP contribution in [0, 0.1) is 0 Å². The van der Waals surface area contributed by atoms with Gasteiger partial charge in [-0.05, 0) is 44.9 Å². The summed E-state index contributed by atoms with van der Waals surface area (Å²) in [6, 6.07) is -1.17. The summed E-state index contributed by atoms with van der Waals surface area (Å²) < 4.78 is 47.4. The Morgan fingerprint density at radius 2 is 1.19 bits per heavy atom.